The maximum Gasteiger partial charge on any atom is 0.0234 e. The molecule has 2 fully saturated rings. The second-order valence-corrected chi connectivity index (χ2v) is 9.76. The minimum absolute atomic E-state index is 0.650. The summed E-state index contributed by atoms with van der Waals surface area (Å²) < 4.78 is 0. The van der Waals surface area contributed by atoms with Gasteiger partial charge in [-0.15, -0.1) is 0 Å². The standard InChI is InChI=1S/2C14H22N2/c2*1-12-8-9-16(11-14(12)15-2)10-13-6-4-3-5-7-13/h2*3-7,12,14-15H,8-11H2,1-2H3/t2*12-,14+/m11/s1. The predicted octanol–water partition coefficient (Wildman–Crippen LogP) is 4.23. The van der Waals surface area contributed by atoms with Crippen molar-refractivity contribution in [2.24, 2.45) is 11.8 Å². The molecule has 0 spiro atoms. The van der Waals surface area contributed by atoms with Crippen molar-refractivity contribution in [1.29, 1.82) is 0 Å². The molecule has 2 aromatic carbocycles. The summed E-state index contributed by atoms with van der Waals surface area (Å²) in [4.78, 5) is 5.10. The number of rotatable bonds is 6. The van der Waals surface area contributed by atoms with Gasteiger partial charge in [-0.3, -0.25) is 9.80 Å². The second-order valence-electron chi connectivity index (χ2n) is 9.76. The zero-order chi connectivity index (χ0) is 22.8. The van der Waals surface area contributed by atoms with Crippen LogP contribution < -0.4 is 10.6 Å². The van der Waals surface area contributed by atoms with Crippen LogP contribution in [0, 0.1) is 11.8 Å². The van der Waals surface area contributed by atoms with Crippen LogP contribution in [0.1, 0.15) is 37.8 Å². The number of likely N-dealkylation sites (N-methyl/N-ethyl adjacent to an activating group) is 2. The van der Waals surface area contributed by atoms with Crippen LogP contribution >= 0.6 is 0 Å². The van der Waals surface area contributed by atoms with Gasteiger partial charge in [-0.2, -0.15) is 0 Å². The van der Waals surface area contributed by atoms with Gasteiger partial charge in [0.1, 0.15) is 0 Å². The van der Waals surface area contributed by atoms with Crippen LogP contribution in [0.3, 0.4) is 0 Å². The Labute approximate surface area is 196 Å². The van der Waals surface area contributed by atoms with Gasteiger partial charge < -0.3 is 10.6 Å². The summed E-state index contributed by atoms with van der Waals surface area (Å²) in [5.41, 5.74) is 2.85. The minimum atomic E-state index is 0.650. The molecule has 32 heavy (non-hydrogen) atoms. The second kappa shape index (κ2) is 13.1. The van der Waals surface area contributed by atoms with E-state index in [4.69, 9.17) is 0 Å². The van der Waals surface area contributed by atoms with Gasteiger partial charge in [-0.25, -0.2) is 0 Å². The Balaban J connectivity index is 0.000000181. The maximum atomic E-state index is 3.43. The van der Waals surface area contributed by atoms with Gasteiger partial charge in [0.2, 0.25) is 0 Å². The molecule has 0 saturated carbocycles. The quantitative estimate of drug-likeness (QED) is 0.709. The van der Waals surface area contributed by atoms with Crippen molar-refractivity contribution in [1.82, 2.24) is 20.4 Å². The molecule has 2 aromatic rings. The highest BCUT2D eigenvalue weighted by atomic mass is 15.2. The Morgan fingerprint density at radius 3 is 1.38 bits per heavy atom. The lowest BCUT2D eigenvalue weighted by molar-refractivity contribution is 0.147. The van der Waals surface area contributed by atoms with Crippen molar-refractivity contribution in [3.63, 3.8) is 0 Å². The van der Waals surface area contributed by atoms with Crippen molar-refractivity contribution in [3.8, 4) is 0 Å². The molecule has 2 N–H and O–H groups in total. The molecule has 0 radical (unpaired) electrons. The van der Waals surface area contributed by atoms with Crippen molar-refractivity contribution in [3.05, 3.63) is 71.8 Å². The molecule has 0 amide bonds. The highest BCUT2D eigenvalue weighted by Crippen LogP contribution is 2.19. The highest BCUT2D eigenvalue weighted by molar-refractivity contribution is 5.15. The van der Waals surface area contributed by atoms with E-state index in [1.807, 2.05) is 0 Å². The van der Waals surface area contributed by atoms with Gasteiger partial charge in [0, 0.05) is 38.3 Å². The monoisotopic (exact) mass is 436 g/mol. The van der Waals surface area contributed by atoms with Gasteiger partial charge in [0.05, 0.1) is 0 Å². The molecular weight excluding hydrogens is 392 g/mol. The van der Waals surface area contributed by atoms with E-state index in [0.717, 1.165) is 24.9 Å². The van der Waals surface area contributed by atoms with E-state index in [-0.39, 0.29) is 0 Å². The van der Waals surface area contributed by atoms with E-state index < -0.39 is 0 Å². The molecule has 0 aliphatic carbocycles. The summed E-state index contributed by atoms with van der Waals surface area (Å²) in [6.07, 6.45) is 2.61. The first kappa shape index (κ1) is 24.9. The van der Waals surface area contributed by atoms with Crippen molar-refractivity contribution < 1.29 is 0 Å². The average Bonchev–Trinajstić information content (AvgIpc) is 2.83. The van der Waals surface area contributed by atoms with Gasteiger partial charge in [0.15, 0.2) is 0 Å². The third-order valence-corrected chi connectivity index (χ3v) is 7.32. The van der Waals surface area contributed by atoms with Crippen molar-refractivity contribution >= 4 is 0 Å². The van der Waals surface area contributed by atoms with E-state index >= 15 is 0 Å². The topological polar surface area (TPSA) is 30.5 Å². The van der Waals surface area contributed by atoms with Crippen LogP contribution in [0.15, 0.2) is 60.7 Å². The lowest BCUT2D eigenvalue weighted by atomic mass is 9.93. The summed E-state index contributed by atoms with van der Waals surface area (Å²) in [6.45, 7) is 11.7. The Kier molecular flexibility index (Phi) is 10.2. The summed E-state index contributed by atoms with van der Waals surface area (Å²) in [5.74, 6) is 1.61. The molecule has 4 atom stereocenters. The third kappa shape index (κ3) is 7.70. The number of benzene rings is 2. The summed E-state index contributed by atoms with van der Waals surface area (Å²) in [7, 11) is 4.15. The largest absolute Gasteiger partial charge is 0.315 e. The van der Waals surface area contributed by atoms with Crippen LogP contribution in [0.5, 0.6) is 0 Å². The smallest absolute Gasteiger partial charge is 0.0234 e. The predicted molar refractivity (Wildman–Crippen MR) is 137 cm³/mol. The zero-order valence-corrected chi connectivity index (χ0v) is 20.6. The zero-order valence-electron chi connectivity index (χ0n) is 20.6. The molecule has 2 aliphatic heterocycles. The molecular formula is C28H44N4. The van der Waals surface area contributed by atoms with Gasteiger partial charge in [0.25, 0.3) is 0 Å². The SMILES string of the molecule is CN[C@H]1CN(Cc2ccccc2)CC[C@H]1C.CN[C@H]1CN(Cc2ccccc2)CC[C@H]1C. The fourth-order valence-corrected chi connectivity index (χ4v) is 5.00. The van der Waals surface area contributed by atoms with E-state index in [1.165, 1.54) is 50.1 Å². The summed E-state index contributed by atoms with van der Waals surface area (Å²) in [6, 6.07) is 22.8. The van der Waals surface area contributed by atoms with Gasteiger partial charge >= 0.3 is 0 Å². The normalized spacial score (nSPS) is 26.9. The molecule has 4 nitrogen and oxygen atoms in total. The lowest BCUT2D eigenvalue weighted by Gasteiger charge is -2.37. The van der Waals surface area contributed by atoms with E-state index in [1.54, 1.807) is 0 Å². The first-order valence-corrected chi connectivity index (χ1v) is 12.5. The Bertz CT molecular complexity index is 685. The first-order chi connectivity index (χ1) is 15.6. The molecule has 2 saturated heterocycles. The highest BCUT2D eigenvalue weighted by Gasteiger charge is 2.25. The third-order valence-electron chi connectivity index (χ3n) is 7.32. The molecule has 2 heterocycles. The van der Waals surface area contributed by atoms with Crippen LogP contribution in [-0.2, 0) is 13.1 Å². The number of piperidine rings is 2. The van der Waals surface area contributed by atoms with Gasteiger partial charge in [-0.1, -0.05) is 74.5 Å². The maximum absolute atomic E-state index is 3.43. The Morgan fingerprint density at radius 1 is 0.656 bits per heavy atom. The molecule has 0 unspecified atom stereocenters. The number of hydrogen-bond donors (Lipinski definition) is 2. The van der Waals surface area contributed by atoms with Crippen LogP contribution in [0.2, 0.25) is 0 Å². The van der Waals surface area contributed by atoms with E-state index in [0.29, 0.717) is 12.1 Å². The fraction of sp³-hybridized carbons (Fsp3) is 0.571. The molecule has 4 rings (SSSR count). The minimum Gasteiger partial charge on any atom is -0.315 e. The average molecular weight is 437 g/mol. The summed E-state index contributed by atoms with van der Waals surface area (Å²) in [5, 5.41) is 6.86. The van der Waals surface area contributed by atoms with Crippen LogP contribution in [0.25, 0.3) is 0 Å². The van der Waals surface area contributed by atoms with Crippen LogP contribution in [-0.4, -0.2) is 62.2 Å². The van der Waals surface area contributed by atoms with Crippen molar-refractivity contribution in [2.75, 3.05) is 40.3 Å². The van der Waals surface area contributed by atoms with E-state index in [9.17, 15) is 0 Å². The van der Waals surface area contributed by atoms with Gasteiger partial charge in [-0.05, 0) is 63.0 Å². The Hall–Kier alpha value is -1.72. The molecule has 2 aliphatic rings. The Morgan fingerprint density at radius 2 is 1.03 bits per heavy atom. The number of nitrogens with zero attached hydrogens (tertiary/aromatic N) is 2. The molecule has 0 bridgehead atoms. The lowest BCUT2D eigenvalue weighted by Crippen LogP contribution is -2.48. The summed E-state index contributed by atoms with van der Waals surface area (Å²) >= 11 is 0. The number of hydrogen-bond acceptors (Lipinski definition) is 4. The van der Waals surface area contributed by atoms with E-state index in [2.05, 4.69) is 109 Å². The first-order valence-electron chi connectivity index (χ1n) is 12.5. The fourth-order valence-electron chi connectivity index (χ4n) is 5.00. The molecule has 176 valence electrons. The van der Waals surface area contributed by atoms with Crippen molar-refractivity contribution in [2.45, 2.75) is 51.9 Å². The van der Waals surface area contributed by atoms with Crippen LogP contribution in [0.4, 0.5) is 0 Å². The molecule has 0 aromatic heterocycles. The molecule has 4 heteroatoms. The number of likely N-dealkylation sites (tertiary alicyclic amines) is 2. The number of nitrogens with one attached hydrogen (secondary N) is 2.